The molecule has 2 rings (SSSR count). The molecular formula is C12H12BrClN2S. The summed E-state index contributed by atoms with van der Waals surface area (Å²) < 4.78 is 1.86. The molecule has 0 atom stereocenters. The molecule has 0 aliphatic carbocycles. The minimum absolute atomic E-state index is 0.825. The number of halogens is 2. The van der Waals surface area contributed by atoms with Crippen LogP contribution < -0.4 is 4.90 Å². The summed E-state index contributed by atoms with van der Waals surface area (Å²) in [5.74, 6) is 0.968. The summed E-state index contributed by atoms with van der Waals surface area (Å²) in [5, 5.41) is 0. The van der Waals surface area contributed by atoms with Crippen molar-refractivity contribution in [3.05, 3.63) is 43.6 Å². The van der Waals surface area contributed by atoms with Gasteiger partial charge < -0.3 is 4.90 Å². The third kappa shape index (κ3) is 3.21. The number of aromatic nitrogens is 1. The molecule has 0 fully saturated rings. The molecule has 2 nitrogen and oxygen atoms in total. The molecule has 0 spiro atoms. The van der Waals surface area contributed by atoms with Gasteiger partial charge >= 0.3 is 0 Å². The maximum atomic E-state index is 5.91. The average molecular weight is 332 g/mol. The van der Waals surface area contributed by atoms with Crippen LogP contribution in [0.2, 0.25) is 4.34 Å². The van der Waals surface area contributed by atoms with Crippen molar-refractivity contribution in [2.24, 2.45) is 0 Å². The molecule has 0 N–H and O–H groups in total. The highest BCUT2D eigenvalue weighted by Gasteiger charge is 2.07. The summed E-state index contributed by atoms with van der Waals surface area (Å²) in [6.45, 7) is 2.89. The van der Waals surface area contributed by atoms with Gasteiger partial charge in [0.05, 0.1) is 10.9 Å². The van der Waals surface area contributed by atoms with Crippen LogP contribution in [0.5, 0.6) is 0 Å². The van der Waals surface area contributed by atoms with Crippen LogP contribution in [0, 0.1) is 6.92 Å². The fourth-order valence-corrected chi connectivity index (χ4v) is 2.84. The number of aryl methyl sites for hydroxylation is 1. The van der Waals surface area contributed by atoms with Crippen LogP contribution in [0.15, 0.2) is 28.9 Å². The van der Waals surface area contributed by atoms with E-state index in [4.69, 9.17) is 11.6 Å². The Bertz CT molecular complexity index is 527. The zero-order valence-electron chi connectivity index (χ0n) is 9.58. The van der Waals surface area contributed by atoms with Crippen molar-refractivity contribution in [3.63, 3.8) is 0 Å². The predicted molar refractivity (Wildman–Crippen MR) is 78.1 cm³/mol. The Hall–Kier alpha value is -0.580. The Balaban J connectivity index is 2.14. The van der Waals surface area contributed by atoms with E-state index in [1.807, 2.05) is 19.3 Å². The van der Waals surface area contributed by atoms with E-state index in [2.05, 4.69) is 44.9 Å². The molecule has 0 unspecified atom stereocenters. The topological polar surface area (TPSA) is 16.1 Å². The third-order valence-electron chi connectivity index (χ3n) is 2.45. The maximum Gasteiger partial charge on any atom is 0.128 e. The number of hydrogen-bond donors (Lipinski definition) is 0. The summed E-state index contributed by atoms with van der Waals surface area (Å²) in [7, 11) is 2.03. The lowest BCUT2D eigenvalue weighted by atomic mass is 10.3. The van der Waals surface area contributed by atoms with Crippen molar-refractivity contribution in [2.45, 2.75) is 13.5 Å². The lowest BCUT2D eigenvalue weighted by molar-refractivity contribution is 0.909. The monoisotopic (exact) mass is 330 g/mol. The van der Waals surface area contributed by atoms with Gasteiger partial charge in [0.1, 0.15) is 5.82 Å². The second-order valence-corrected chi connectivity index (χ2v) is 6.51. The van der Waals surface area contributed by atoms with E-state index in [9.17, 15) is 0 Å². The highest BCUT2D eigenvalue weighted by Crippen LogP contribution is 2.25. The Labute approximate surface area is 118 Å². The van der Waals surface area contributed by atoms with Crippen molar-refractivity contribution < 1.29 is 0 Å². The maximum absolute atomic E-state index is 5.91. The van der Waals surface area contributed by atoms with Crippen LogP contribution in [0.4, 0.5) is 5.82 Å². The lowest BCUT2D eigenvalue weighted by Gasteiger charge is -2.17. The number of nitrogens with zero attached hydrogens (tertiary/aromatic N) is 2. The third-order valence-corrected chi connectivity index (χ3v) is 4.49. The minimum atomic E-state index is 0.825. The van der Waals surface area contributed by atoms with Gasteiger partial charge in [-0.3, -0.25) is 0 Å². The van der Waals surface area contributed by atoms with E-state index in [0.29, 0.717) is 0 Å². The quantitative estimate of drug-likeness (QED) is 0.823. The first-order chi connectivity index (χ1) is 8.06. The van der Waals surface area contributed by atoms with Crippen LogP contribution in [-0.4, -0.2) is 12.0 Å². The molecule has 5 heteroatoms. The van der Waals surface area contributed by atoms with Gasteiger partial charge in [0.15, 0.2) is 0 Å². The molecule has 0 aliphatic rings. The van der Waals surface area contributed by atoms with E-state index < -0.39 is 0 Å². The Morgan fingerprint density at radius 2 is 2.24 bits per heavy atom. The van der Waals surface area contributed by atoms with E-state index in [1.165, 1.54) is 10.4 Å². The van der Waals surface area contributed by atoms with Gasteiger partial charge in [0.2, 0.25) is 0 Å². The highest BCUT2D eigenvalue weighted by molar-refractivity contribution is 9.10. The van der Waals surface area contributed by atoms with Crippen molar-refractivity contribution in [1.29, 1.82) is 0 Å². The van der Waals surface area contributed by atoms with Crippen molar-refractivity contribution >= 4 is 44.7 Å². The molecule has 0 saturated heterocycles. The molecule has 0 radical (unpaired) electrons. The average Bonchev–Trinajstić information content (AvgIpc) is 2.68. The van der Waals surface area contributed by atoms with Gasteiger partial charge in [-0.05, 0) is 46.6 Å². The summed E-state index contributed by atoms with van der Waals surface area (Å²) in [6, 6.07) is 6.05. The van der Waals surface area contributed by atoms with Crippen LogP contribution in [-0.2, 0) is 6.54 Å². The van der Waals surface area contributed by atoms with Gasteiger partial charge in [-0.1, -0.05) is 11.6 Å². The Kier molecular flexibility index (Phi) is 4.07. The van der Waals surface area contributed by atoms with E-state index in [1.54, 1.807) is 11.3 Å². The van der Waals surface area contributed by atoms with Crippen LogP contribution in [0.3, 0.4) is 0 Å². The van der Waals surface area contributed by atoms with Crippen molar-refractivity contribution in [2.75, 3.05) is 11.9 Å². The fraction of sp³-hybridized carbons (Fsp3) is 0.250. The molecule has 0 aliphatic heterocycles. The molecule has 0 amide bonds. The summed E-state index contributed by atoms with van der Waals surface area (Å²) >= 11 is 11.0. The van der Waals surface area contributed by atoms with Crippen LogP contribution in [0.1, 0.15) is 10.4 Å². The molecule has 0 aromatic carbocycles. The zero-order valence-corrected chi connectivity index (χ0v) is 12.7. The first-order valence-corrected chi connectivity index (χ1v) is 7.12. The fourth-order valence-electron chi connectivity index (χ4n) is 1.48. The minimum Gasteiger partial charge on any atom is -0.355 e. The van der Waals surface area contributed by atoms with Gasteiger partial charge in [-0.25, -0.2) is 4.98 Å². The molecule has 0 saturated carbocycles. The Morgan fingerprint density at radius 3 is 2.82 bits per heavy atom. The standard InChI is InChI=1S/C12H12BrClN2S/c1-8-5-12(15-6-10(8)13)16(2)7-9-3-4-11(14)17-9/h3-6H,7H2,1-2H3. The second-order valence-electron chi connectivity index (χ2n) is 3.85. The number of anilines is 1. The molecule has 2 heterocycles. The second kappa shape index (κ2) is 5.38. The van der Waals surface area contributed by atoms with Crippen molar-refractivity contribution in [3.8, 4) is 0 Å². The van der Waals surface area contributed by atoms with Gasteiger partial charge in [0, 0.05) is 22.6 Å². The zero-order chi connectivity index (χ0) is 12.4. The van der Waals surface area contributed by atoms with Crippen LogP contribution in [0.25, 0.3) is 0 Å². The number of rotatable bonds is 3. The van der Waals surface area contributed by atoms with E-state index in [0.717, 1.165) is 21.2 Å². The number of pyridine rings is 1. The normalized spacial score (nSPS) is 10.6. The lowest BCUT2D eigenvalue weighted by Crippen LogP contribution is -2.16. The Morgan fingerprint density at radius 1 is 1.47 bits per heavy atom. The SMILES string of the molecule is Cc1cc(N(C)Cc2ccc(Cl)s2)ncc1Br. The van der Waals surface area contributed by atoms with Gasteiger partial charge in [0.25, 0.3) is 0 Å². The molecule has 17 heavy (non-hydrogen) atoms. The molecular weight excluding hydrogens is 320 g/mol. The summed E-state index contributed by atoms with van der Waals surface area (Å²) in [6.07, 6.45) is 1.84. The molecule has 2 aromatic heterocycles. The van der Waals surface area contributed by atoms with Gasteiger partial charge in [-0.15, -0.1) is 11.3 Å². The van der Waals surface area contributed by atoms with E-state index in [-0.39, 0.29) is 0 Å². The van der Waals surface area contributed by atoms with E-state index >= 15 is 0 Å². The number of hydrogen-bond acceptors (Lipinski definition) is 3. The number of thiophene rings is 1. The highest BCUT2D eigenvalue weighted by atomic mass is 79.9. The first-order valence-electron chi connectivity index (χ1n) is 5.14. The van der Waals surface area contributed by atoms with Crippen LogP contribution >= 0.6 is 38.9 Å². The largest absolute Gasteiger partial charge is 0.355 e. The molecule has 0 bridgehead atoms. The van der Waals surface area contributed by atoms with Crippen molar-refractivity contribution in [1.82, 2.24) is 4.98 Å². The predicted octanol–water partition coefficient (Wildman–Crippen LogP) is 4.50. The molecule has 2 aromatic rings. The summed E-state index contributed by atoms with van der Waals surface area (Å²) in [5.41, 5.74) is 1.19. The smallest absolute Gasteiger partial charge is 0.128 e. The van der Waals surface area contributed by atoms with Gasteiger partial charge in [-0.2, -0.15) is 0 Å². The first kappa shape index (κ1) is 12.9. The summed E-state index contributed by atoms with van der Waals surface area (Å²) in [4.78, 5) is 7.74. The molecule has 90 valence electrons.